The Labute approximate surface area is 117 Å². The minimum absolute atomic E-state index is 1.02. The van der Waals surface area contributed by atoms with E-state index >= 15 is 0 Å². The highest BCUT2D eigenvalue weighted by Crippen LogP contribution is 2.14. The van der Waals surface area contributed by atoms with E-state index in [2.05, 4.69) is 62.5 Å². The maximum atomic E-state index is 3.48. The van der Waals surface area contributed by atoms with Crippen LogP contribution in [-0.2, 0) is 0 Å². The van der Waals surface area contributed by atoms with Crippen LogP contribution in [0, 0.1) is 15.4 Å². The van der Waals surface area contributed by atoms with Crippen molar-refractivity contribution in [2.75, 3.05) is 0 Å². The first-order chi connectivity index (χ1) is 7.75. The predicted octanol–water partition coefficient (Wildman–Crippen LogP) is 4.45. The highest BCUT2D eigenvalue weighted by molar-refractivity contribution is 14.1. The van der Waals surface area contributed by atoms with Crippen molar-refractivity contribution in [1.82, 2.24) is 0 Å². The highest BCUT2D eigenvalue weighted by atomic mass is 127. The third-order valence-electron chi connectivity index (χ3n) is 2.04. The molecule has 0 aromatic heterocycles. The summed E-state index contributed by atoms with van der Waals surface area (Å²) in [5.74, 6) is 6.31. The molecular formula is C14H8BrI. The molecule has 0 atom stereocenters. The molecule has 0 aliphatic carbocycles. The highest BCUT2D eigenvalue weighted by Gasteiger charge is 1.93. The van der Waals surface area contributed by atoms with Crippen LogP contribution in [0.1, 0.15) is 11.1 Å². The number of hydrogen-bond donors (Lipinski definition) is 0. The van der Waals surface area contributed by atoms with Gasteiger partial charge in [-0.3, -0.25) is 0 Å². The molecule has 0 amide bonds. The van der Waals surface area contributed by atoms with E-state index in [1.54, 1.807) is 0 Å². The quantitative estimate of drug-likeness (QED) is 0.466. The topological polar surface area (TPSA) is 0 Å². The third kappa shape index (κ3) is 3.10. The molecule has 0 spiro atoms. The Hall–Kier alpha value is -0.790. The van der Waals surface area contributed by atoms with Crippen molar-refractivity contribution in [2.24, 2.45) is 0 Å². The number of benzene rings is 2. The molecule has 2 rings (SSSR count). The van der Waals surface area contributed by atoms with E-state index < -0.39 is 0 Å². The minimum atomic E-state index is 1.02. The summed E-state index contributed by atoms with van der Waals surface area (Å²) in [6.45, 7) is 0. The van der Waals surface area contributed by atoms with E-state index in [0.29, 0.717) is 0 Å². The standard InChI is InChI=1S/C14H8BrI/c15-14-7-2-1-5-12(14)9-8-11-4-3-6-13(16)10-11/h1-7,10H. The zero-order valence-corrected chi connectivity index (χ0v) is 12.1. The zero-order chi connectivity index (χ0) is 11.4. The van der Waals surface area contributed by atoms with Crippen LogP contribution >= 0.6 is 38.5 Å². The average molecular weight is 383 g/mol. The smallest absolute Gasteiger partial charge is 0.0391 e. The molecule has 0 saturated heterocycles. The summed E-state index contributed by atoms with van der Waals surface area (Å²) in [4.78, 5) is 0. The molecule has 0 N–H and O–H groups in total. The van der Waals surface area contributed by atoms with Crippen LogP contribution in [0.2, 0.25) is 0 Å². The molecule has 2 aromatic rings. The number of rotatable bonds is 0. The second-order valence-electron chi connectivity index (χ2n) is 3.24. The van der Waals surface area contributed by atoms with E-state index in [1.165, 1.54) is 3.57 Å². The van der Waals surface area contributed by atoms with E-state index in [4.69, 9.17) is 0 Å². The summed E-state index contributed by atoms with van der Waals surface area (Å²) in [5.41, 5.74) is 2.06. The molecule has 0 heterocycles. The molecule has 0 aliphatic rings. The first-order valence-corrected chi connectivity index (χ1v) is 6.65. The Morgan fingerprint density at radius 1 is 0.938 bits per heavy atom. The van der Waals surface area contributed by atoms with Crippen LogP contribution in [0.4, 0.5) is 0 Å². The van der Waals surface area contributed by atoms with Gasteiger partial charge in [0.25, 0.3) is 0 Å². The maximum Gasteiger partial charge on any atom is 0.0391 e. The Balaban J connectivity index is 2.32. The molecule has 0 fully saturated rings. The van der Waals surface area contributed by atoms with Gasteiger partial charge in [0.2, 0.25) is 0 Å². The monoisotopic (exact) mass is 382 g/mol. The molecule has 2 heteroatoms. The van der Waals surface area contributed by atoms with Gasteiger partial charge in [-0.1, -0.05) is 30.0 Å². The van der Waals surface area contributed by atoms with Gasteiger partial charge < -0.3 is 0 Å². The molecule has 0 bridgehead atoms. The second-order valence-corrected chi connectivity index (χ2v) is 5.34. The lowest BCUT2D eigenvalue weighted by Crippen LogP contribution is -1.78. The first kappa shape index (κ1) is 11.7. The maximum absolute atomic E-state index is 3.48. The fourth-order valence-corrected chi connectivity index (χ4v) is 2.20. The van der Waals surface area contributed by atoms with Gasteiger partial charge in [0, 0.05) is 19.2 Å². The van der Waals surface area contributed by atoms with Crippen molar-refractivity contribution < 1.29 is 0 Å². The molecule has 78 valence electrons. The van der Waals surface area contributed by atoms with Crippen LogP contribution < -0.4 is 0 Å². The van der Waals surface area contributed by atoms with Crippen LogP contribution in [0.25, 0.3) is 0 Å². The Bertz CT molecular complexity index is 564. The third-order valence-corrected chi connectivity index (χ3v) is 3.40. The summed E-state index contributed by atoms with van der Waals surface area (Å²) in [6, 6.07) is 16.2. The van der Waals surface area contributed by atoms with E-state index in [0.717, 1.165) is 15.6 Å². The Morgan fingerprint density at radius 3 is 2.50 bits per heavy atom. The van der Waals surface area contributed by atoms with Crippen LogP contribution in [-0.4, -0.2) is 0 Å². The van der Waals surface area contributed by atoms with Gasteiger partial charge in [0.1, 0.15) is 0 Å². The SMILES string of the molecule is Brc1ccccc1C#Cc1cccc(I)c1. The van der Waals surface area contributed by atoms with Gasteiger partial charge in [-0.05, 0) is 68.9 Å². The summed E-state index contributed by atoms with van der Waals surface area (Å²) in [5, 5.41) is 0. The molecule has 2 aromatic carbocycles. The van der Waals surface area contributed by atoms with Crippen molar-refractivity contribution in [2.45, 2.75) is 0 Å². The first-order valence-electron chi connectivity index (χ1n) is 4.78. The lowest BCUT2D eigenvalue weighted by atomic mass is 10.2. The largest absolute Gasteiger partial charge is 0.0616 e. The molecule has 0 aliphatic heterocycles. The predicted molar refractivity (Wildman–Crippen MR) is 79.3 cm³/mol. The van der Waals surface area contributed by atoms with Gasteiger partial charge in [-0.15, -0.1) is 0 Å². The van der Waals surface area contributed by atoms with E-state index in [9.17, 15) is 0 Å². The minimum Gasteiger partial charge on any atom is -0.0616 e. The van der Waals surface area contributed by atoms with E-state index in [-0.39, 0.29) is 0 Å². The van der Waals surface area contributed by atoms with Crippen LogP contribution in [0.5, 0.6) is 0 Å². The molecular weight excluding hydrogens is 375 g/mol. The summed E-state index contributed by atoms with van der Waals surface area (Å²) in [6.07, 6.45) is 0. The lowest BCUT2D eigenvalue weighted by Gasteiger charge is -1.94. The Morgan fingerprint density at radius 2 is 1.75 bits per heavy atom. The fourth-order valence-electron chi connectivity index (χ4n) is 1.27. The average Bonchev–Trinajstić information content (AvgIpc) is 2.28. The van der Waals surface area contributed by atoms with Crippen LogP contribution in [0.15, 0.2) is 53.0 Å². The van der Waals surface area contributed by atoms with Gasteiger partial charge in [0.15, 0.2) is 0 Å². The van der Waals surface area contributed by atoms with Gasteiger partial charge in [-0.25, -0.2) is 0 Å². The zero-order valence-electron chi connectivity index (χ0n) is 8.37. The van der Waals surface area contributed by atoms with Crippen molar-refractivity contribution in [3.8, 4) is 11.8 Å². The van der Waals surface area contributed by atoms with Gasteiger partial charge in [-0.2, -0.15) is 0 Å². The molecule has 0 nitrogen and oxygen atoms in total. The molecule has 0 unspecified atom stereocenters. The van der Waals surface area contributed by atoms with Crippen molar-refractivity contribution >= 4 is 38.5 Å². The number of hydrogen-bond acceptors (Lipinski definition) is 0. The van der Waals surface area contributed by atoms with Crippen molar-refractivity contribution in [1.29, 1.82) is 0 Å². The van der Waals surface area contributed by atoms with Crippen LogP contribution in [0.3, 0.4) is 0 Å². The molecule has 0 saturated carbocycles. The summed E-state index contributed by atoms with van der Waals surface area (Å²) < 4.78 is 2.24. The second kappa shape index (κ2) is 5.51. The Kier molecular flexibility index (Phi) is 4.03. The summed E-state index contributed by atoms with van der Waals surface area (Å²) in [7, 11) is 0. The summed E-state index contributed by atoms with van der Waals surface area (Å²) >= 11 is 5.77. The molecule has 0 radical (unpaired) electrons. The van der Waals surface area contributed by atoms with Gasteiger partial charge in [0.05, 0.1) is 0 Å². The molecule has 16 heavy (non-hydrogen) atoms. The van der Waals surface area contributed by atoms with E-state index in [1.807, 2.05) is 36.4 Å². The van der Waals surface area contributed by atoms with Crippen molar-refractivity contribution in [3.63, 3.8) is 0 Å². The van der Waals surface area contributed by atoms with Gasteiger partial charge >= 0.3 is 0 Å². The fraction of sp³-hybridized carbons (Fsp3) is 0. The normalized spacial score (nSPS) is 9.38. The number of halogens is 2. The lowest BCUT2D eigenvalue weighted by molar-refractivity contribution is 1.57. The van der Waals surface area contributed by atoms with Crippen molar-refractivity contribution in [3.05, 3.63) is 67.7 Å².